The quantitative estimate of drug-likeness (QED) is 0.305. The molecule has 0 amide bonds. The molecule has 0 spiro atoms. The number of alkyl halides is 12. The van der Waals surface area contributed by atoms with Crippen LogP contribution in [-0.2, 0) is 4.74 Å². The molecule has 176 valence electrons. The Morgan fingerprint density at radius 3 is 0.903 bits per heavy atom. The van der Waals surface area contributed by atoms with E-state index in [1.54, 1.807) is 0 Å². The molecule has 31 heavy (non-hydrogen) atoms. The second-order valence-electron chi connectivity index (χ2n) is 4.95. The van der Waals surface area contributed by atoms with Crippen LogP contribution < -0.4 is 0 Å². The number of hydrogen-bond donors (Lipinski definition) is 0. The zero-order valence-electron chi connectivity index (χ0n) is 13.4. The van der Waals surface area contributed by atoms with E-state index in [4.69, 9.17) is 10.5 Å². The molecule has 0 saturated carbocycles. The molecule has 0 aliphatic carbocycles. The van der Waals surface area contributed by atoms with E-state index >= 15 is 0 Å². The van der Waals surface area contributed by atoms with Crippen LogP contribution in [0.4, 0.5) is 70.2 Å². The van der Waals surface area contributed by atoms with Gasteiger partial charge in [-0.25, -0.2) is 0 Å². The number of rotatable bonds is 8. The van der Waals surface area contributed by atoms with Gasteiger partial charge in [0.2, 0.25) is 11.5 Å². The summed E-state index contributed by atoms with van der Waals surface area (Å²) in [7, 11) is 0. The van der Waals surface area contributed by atoms with Crippen LogP contribution in [0.25, 0.3) is 0 Å². The lowest BCUT2D eigenvalue weighted by Gasteiger charge is -2.33. The first-order chi connectivity index (χ1) is 13.5. The van der Waals surface area contributed by atoms with Crippen molar-refractivity contribution in [2.75, 3.05) is 0 Å². The zero-order chi connectivity index (χ0) is 25.4. The first-order valence-electron chi connectivity index (χ1n) is 6.38. The molecule has 0 saturated heterocycles. The van der Waals surface area contributed by atoms with Gasteiger partial charge in [-0.3, -0.25) is 0 Å². The first-order valence-corrected chi connectivity index (χ1v) is 6.38. The predicted molar refractivity (Wildman–Crippen MR) is 60.5 cm³/mol. The Balaban J connectivity index is 6.84. The van der Waals surface area contributed by atoms with Gasteiger partial charge in [-0.15, -0.1) is 0 Å². The Labute approximate surface area is 158 Å². The van der Waals surface area contributed by atoms with Crippen molar-refractivity contribution in [3.8, 4) is 12.1 Å². The highest BCUT2D eigenvalue weighted by Gasteiger charge is 2.78. The maximum atomic E-state index is 13.5. The molecule has 0 heterocycles. The lowest BCUT2D eigenvalue weighted by Crippen LogP contribution is -2.57. The van der Waals surface area contributed by atoms with E-state index in [1.807, 2.05) is 0 Å². The van der Waals surface area contributed by atoms with Crippen LogP contribution in [0.1, 0.15) is 0 Å². The highest BCUT2D eigenvalue weighted by atomic mass is 19.4. The minimum absolute atomic E-state index is 0.810. The highest BCUT2D eigenvalue weighted by molar-refractivity contribution is 5.25. The smallest absolute Gasteiger partial charge is 0.400 e. The van der Waals surface area contributed by atoms with Crippen LogP contribution >= 0.6 is 0 Å². The molecule has 0 radical (unpaired) electrons. The summed E-state index contributed by atoms with van der Waals surface area (Å²) < 4.78 is 210. The van der Waals surface area contributed by atoms with Gasteiger partial charge in [0.1, 0.15) is 12.1 Å². The van der Waals surface area contributed by atoms with Gasteiger partial charge in [0.05, 0.1) is 0 Å². The summed E-state index contributed by atoms with van der Waals surface area (Å²) in [5.41, 5.74) is 0. The van der Waals surface area contributed by atoms with E-state index in [2.05, 4.69) is 4.74 Å². The van der Waals surface area contributed by atoms with Gasteiger partial charge in [-0.2, -0.15) is 80.8 Å². The fourth-order valence-electron chi connectivity index (χ4n) is 1.36. The van der Waals surface area contributed by atoms with Crippen molar-refractivity contribution in [3.63, 3.8) is 0 Å². The third-order valence-electron chi connectivity index (χ3n) is 2.98. The molecule has 0 unspecified atom stereocenters. The number of hydrogen-bond acceptors (Lipinski definition) is 3. The van der Waals surface area contributed by atoms with Crippen LogP contribution in [0.2, 0.25) is 0 Å². The fourth-order valence-corrected chi connectivity index (χ4v) is 1.36. The summed E-state index contributed by atoms with van der Waals surface area (Å²) in [5.74, 6) is -51.6. The van der Waals surface area contributed by atoms with E-state index in [0.29, 0.717) is 0 Å². The molecule has 0 rings (SSSR count). The highest BCUT2D eigenvalue weighted by Crippen LogP contribution is 2.54. The Bertz CT molecular complexity index is 781. The molecule has 0 aliphatic rings. The molecule has 0 bridgehead atoms. The largest absolute Gasteiger partial charge is 0.442 e. The van der Waals surface area contributed by atoms with Gasteiger partial charge in [0.25, 0.3) is 0 Å². The van der Waals surface area contributed by atoms with Crippen molar-refractivity contribution in [1.29, 1.82) is 10.5 Å². The maximum absolute atomic E-state index is 13.5. The topological polar surface area (TPSA) is 56.8 Å². The van der Waals surface area contributed by atoms with Gasteiger partial charge in [-0.05, 0) is 0 Å². The molecule has 0 fully saturated rings. The van der Waals surface area contributed by atoms with Gasteiger partial charge >= 0.3 is 47.7 Å². The van der Waals surface area contributed by atoms with Crippen LogP contribution in [0.5, 0.6) is 0 Å². The molecule has 0 N–H and O–H groups in total. The monoisotopic (exact) mass is 492 g/mol. The minimum Gasteiger partial charge on any atom is -0.442 e. The van der Waals surface area contributed by atoms with Gasteiger partial charge in [0, 0.05) is 0 Å². The number of nitriles is 2. The minimum atomic E-state index is -7.34. The Morgan fingerprint density at radius 2 is 0.742 bits per heavy atom. The molecule has 3 nitrogen and oxygen atoms in total. The normalized spacial score (nSPS) is 13.7. The van der Waals surface area contributed by atoms with Crippen LogP contribution in [0.15, 0.2) is 23.7 Å². The summed E-state index contributed by atoms with van der Waals surface area (Å²) in [6, 6.07) is -1.62. The summed E-state index contributed by atoms with van der Waals surface area (Å²) in [6.07, 6.45) is -9.13. The van der Waals surface area contributed by atoms with E-state index < -0.39 is 71.4 Å². The van der Waals surface area contributed by atoms with Crippen molar-refractivity contribution < 1.29 is 75.0 Å². The van der Waals surface area contributed by atoms with Crippen molar-refractivity contribution in [2.45, 2.75) is 35.5 Å². The average Bonchev–Trinajstić information content (AvgIpc) is 2.60. The van der Waals surface area contributed by atoms with Crippen molar-refractivity contribution in [3.05, 3.63) is 23.7 Å². The van der Waals surface area contributed by atoms with Crippen LogP contribution in [0, 0.1) is 22.7 Å². The Morgan fingerprint density at radius 1 is 0.516 bits per heavy atom. The molecule has 0 aromatic rings. The molecule has 0 aromatic carbocycles. The van der Waals surface area contributed by atoms with E-state index in [1.165, 1.54) is 0 Å². The lowest BCUT2D eigenvalue weighted by atomic mass is 10.0. The van der Waals surface area contributed by atoms with Crippen molar-refractivity contribution in [2.24, 2.45) is 0 Å². The maximum Gasteiger partial charge on any atom is 0.400 e. The first kappa shape index (κ1) is 28.1. The summed E-state index contributed by atoms with van der Waals surface area (Å²) in [4.78, 5) is 0. The predicted octanol–water partition coefficient (Wildman–Crippen LogP) is 6.08. The SMILES string of the molecule is N#CC(F)(F)C(F)(F)C(F)(F)C(OC(=C(F)F)C(F)(F)C(F)(F)C(F)(F)C#N)=C(F)F. The van der Waals surface area contributed by atoms with Crippen molar-refractivity contribution >= 4 is 0 Å². The lowest BCUT2D eigenvalue weighted by molar-refractivity contribution is -0.298. The zero-order valence-corrected chi connectivity index (χ0v) is 13.4. The Kier molecular flexibility index (Phi) is 7.26. The van der Waals surface area contributed by atoms with Gasteiger partial charge in [0.15, 0.2) is 0 Å². The molecular formula is C12F16N2O. The number of halogens is 16. The molecular weight excluding hydrogens is 492 g/mol. The standard InChI is InChI=1S/C12F16N2O/c13-5(14)3(9(21,22)11(25,26)7(17,18)1-29)31-4(6(15)16)10(23,24)12(27,28)8(19,20)2-30. The molecule has 0 atom stereocenters. The fraction of sp³-hybridized carbons (Fsp3) is 0.500. The average molecular weight is 492 g/mol. The second kappa shape index (κ2) is 8.00. The van der Waals surface area contributed by atoms with Crippen LogP contribution in [-0.4, -0.2) is 35.5 Å². The van der Waals surface area contributed by atoms with E-state index in [0.717, 1.165) is 0 Å². The number of allylic oxidation sites excluding steroid dienone is 2. The summed E-state index contributed by atoms with van der Waals surface area (Å²) in [5, 5.41) is 15.4. The van der Waals surface area contributed by atoms with E-state index in [-0.39, 0.29) is 0 Å². The van der Waals surface area contributed by atoms with Gasteiger partial charge in [-0.1, -0.05) is 0 Å². The number of nitrogens with zero attached hydrogens (tertiary/aromatic N) is 2. The molecule has 0 aromatic heterocycles. The summed E-state index contributed by atoms with van der Waals surface area (Å²) in [6.45, 7) is 0. The van der Waals surface area contributed by atoms with Gasteiger partial charge < -0.3 is 4.74 Å². The number of ether oxygens (including phenoxy) is 1. The van der Waals surface area contributed by atoms with E-state index in [9.17, 15) is 70.2 Å². The summed E-state index contributed by atoms with van der Waals surface area (Å²) >= 11 is 0. The molecule has 19 heteroatoms. The second-order valence-corrected chi connectivity index (χ2v) is 4.95. The van der Waals surface area contributed by atoms with Crippen LogP contribution in [0.3, 0.4) is 0 Å². The molecule has 0 aliphatic heterocycles. The van der Waals surface area contributed by atoms with Crippen molar-refractivity contribution in [1.82, 2.24) is 0 Å². The third kappa shape index (κ3) is 4.30. The Hall–Kier alpha value is -2.86. The third-order valence-corrected chi connectivity index (χ3v) is 2.98.